The minimum absolute atomic E-state index is 0.147. The van der Waals surface area contributed by atoms with Gasteiger partial charge in [0.15, 0.2) is 5.60 Å². The minimum Gasteiger partial charge on any atom is -0.481 e. The lowest BCUT2D eigenvalue weighted by Crippen LogP contribution is -2.41. The number of aliphatic carboxylic acids is 2. The summed E-state index contributed by atoms with van der Waals surface area (Å²) in [6, 6.07) is 7.62. The number of nitrogens with zero attached hydrogens (tertiary/aromatic N) is 1. The Balaban J connectivity index is 1.97. The summed E-state index contributed by atoms with van der Waals surface area (Å²) in [7, 11) is 0. The Morgan fingerprint density at radius 2 is 1.74 bits per heavy atom. The van der Waals surface area contributed by atoms with Crippen LogP contribution in [0, 0.1) is 0 Å². The van der Waals surface area contributed by atoms with Crippen LogP contribution in [0.3, 0.4) is 0 Å². The summed E-state index contributed by atoms with van der Waals surface area (Å²) in [4.78, 5) is 24.0. The zero-order valence-corrected chi connectivity index (χ0v) is 12.8. The average molecular weight is 323 g/mol. The van der Waals surface area contributed by atoms with Crippen LogP contribution in [0.25, 0.3) is 0 Å². The summed E-state index contributed by atoms with van der Waals surface area (Å²) in [6.07, 6.45) is -0.667. The van der Waals surface area contributed by atoms with Gasteiger partial charge in [-0.15, -0.1) is 0 Å². The molecule has 1 heterocycles. The second kappa shape index (κ2) is 7.43. The number of ether oxygens (including phenoxy) is 1. The number of carboxylic acid groups (broad SMARTS) is 2. The smallest absolute Gasteiger partial charge is 0.336 e. The molecule has 0 spiro atoms. The first-order valence-electron chi connectivity index (χ1n) is 7.50. The predicted octanol–water partition coefficient (Wildman–Crippen LogP) is 0.746. The molecule has 1 aromatic carbocycles. The second-order valence-corrected chi connectivity index (χ2v) is 5.67. The molecule has 1 fully saturated rings. The van der Waals surface area contributed by atoms with Crippen LogP contribution in [0.15, 0.2) is 24.3 Å². The Morgan fingerprint density at radius 1 is 1.13 bits per heavy atom. The van der Waals surface area contributed by atoms with Crippen molar-refractivity contribution in [3.05, 3.63) is 29.8 Å². The van der Waals surface area contributed by atoms with Crippen molar-refractivity contribution in [2.75, 3.05) is 31.2 Å². The molecule has 0 amide bonds. The van der Waals surface area contributed by atoms with Crippen molar-refractivity contribution < 1.29 is 29.6 Å². The van der Waals surface area contributed by atoms with E-state index in [2.05, 4.69) is 4.90 Å². The van der Waals surface area contributed by atoms with E-state index in [9.17, 15) is 14.7 Å². The van der Waals surface area contributed by atoms with Gasteiger partial charge in [-0.1, -0.05) is 12.1 Å². The van der Waals surface area contributed by atoms with Crippen molar-refractivity contribution in [2.24, 2.45) is 0 Å². The van der Waals surface area contributed by atoms with Gasteiger partial charge < -0.3 is 25.0 Å². The Kier molecular flexibility index (Phi) is 5.57. The normalized spacial score (nSPS) is 17.5. The van der Waals surface area contributed by atoms with E-state index in [4.69, 9.17) is 14.9 Å². The molecular formula is C16H21NO6. The highest BCUT2D eigenvalue weighted by Gasteiger charge is 2.38. The zero-order valence-electron chi connectivity index (χ0n) is 12.8. The van der Waals surface area contributed by atoms with Crippen LogP contribution in [0.5, 0.6) is 0 Å². The number of aryl methyl sites for hydroxylation is 1. The van der Waals surface area contributed by atoms with Crippen molar-refractivity contribution in [1.29, 1.82) is 0 Å². The van der Waals surface area contributed by atoms with E-state index in [-0.39, 0.29) is 6.42 Å². The Morgan fingerprint density at radius 3 is 2.26 bits per heavy atom. The van der Waals surface area contributed by atoms with Gasteiger partial charge in [-0.2, -0.15) is 0 Å². The highest BCUT2D eigenvalue weighted by Crippen LogP contribution is 2.22. The molecule has 0 aliphatic carbocycles. The average Bonchev–Trinajstić information content (AvgIpc) is 2.53. The molecule has 0 saturated carbocycles. The number of carboxylic acids is 2. The van der Waals surface area contributed by atoms with Crippen LogP contribution in [-0.4, -0.2) is 59.2 Å². The maximum atomic E-state index is 11.1. The lowest BCUT2D eigenvalue weighted by atomic mass is 9.91. The summed E-state index contributed by atoms with van der Waals surface area (Å²) in [5.74, 6) is -2.84. The van der Waals surface area contributed by atoms with Crippen LogP contribution in [0.4, 0.5) is 5.69 Å². The molecule has 1 aliphatic heterocycles. The van der Waals surface area contributed by atoms with Crippen LogP contribution in [-0.2, 0) is 20.7 Å². The van der Waals surface area contributed by atoms with Gasteiger partial charge in [-0.25, -0.2) is 4.79 Å². The third-order valence-corrected chi connectivity index (χ3v) is 3.98. The van der Waals surface area contributed by atoms with Gasteiger partial charge in [0.05, 0.1) is 19.6 Å². The van der Waals surface area contributed by atoms with Crippen LogP contribution >= 0.6 is 0 Å². The molecule has 7 nitrogen and oxygen atoms in total. The highest BCUT2D eigenvalue weighted by atomic mass is 16.5. The van der Waals surface area contributed by atoms with Crippen LogP contribution in [0.2, 0.25) is 0 Å². The van der Waals surface area contributed by atoms with Crippen molar-refractivity contribution >= 4 is 17.6 Å². The number of carbonyl (C=O) groups is 2. The molecule has 1 unspecified atom stereocenters. The number of rotatable bonds is 7. The van der Waals surface area contributed by atoms with E-state index in [0.29, 0.717) is 19.6 Å². The van der Waals surface area contributed by atoms with Gasteiger partial charge in [0, 0.05) is 18.8 Å². The summed E-state index contributed by atoms with van der Waals surface area (Å²) in [5.41, 5.74) is -0.322. The molecule has 23 heavy (non-hydrogen) atoms. The maximum absolute atomic E-state index is 11.1. The molecule has 1 aromatic rings. The number of morpholine rings is 1. The fourth-order valence-corrected chi connectivity index (χ4v) is 2.57. The highest BCUT2D eigenvalue weighted by molar-refractivity contribution is 5.83. The van der Waals surface area contributed by atoms with E-state index in [1.165, 1.54) is 0 Å². The van der Waals surface area contributed by atoms with Crippen molar-refractivity contribution in [2.45, 2.75) is 24.9 Å². The van der Waals surface area contributed by atoms with Crippen molar-refractivity contribution in [1.82, 2.24) is 0 Å². The third-order valence-electron chi connectivity index (χ3n) is 3.98. The van der Waals surface area contributed by atoms with Gasteiger partial charge in [-0.3, -0.25) is 4.79 Å². The monoisotopic (exact) mass is 323 g/mol. The van der Waals surface area contributed by atoms with Crippen molar-refractivity contribution in [3.63, 3.8) is 0 Å². The zero-order chi connectivity index (χ0) is 16.9. The molecular weight excluding hydrogens is 302 g/mol. The van der Waals surface area contributed by atoms with E-state index in [1.807, 2.05) is 24.3 Å². The minimum atomic E-state index is -2.24. The Labute approximate surface area is 134 Å². The lowest BCUT2D eigenvalue weighted by Gasteiger charge is -2.29. The fourth-order valence-electron chi connectivity index (χ4n) is 2.57. The maximum Gasteiger partial charge on any atom is 0.336 e. The summed E-state index contributed by atoms with van der Waals surface area (Å²) in [6.45, 7) is 3.05. The van der Waals surface area contributed by atoms with Crippen LogP contribution in [0.1, 0.15) is 18.4 Å². The first-order chi connectivity index (χ1) is 10.9. The Bertz CT molecular complexity index is 552. The van der Waals surface area contributed by atoms with Gasteiger partial charge in [0.2, 0.25) is 0 Å². The van der Waals surface area contributed by atoms with Crippen molar-refractivity contribution in [3.8, 4) is 0 Å². The van der Waals surface area contributed by atoms with Gasteiger partial charge in [0.1, 0.15) is 0 Å². The van der Waals surface area contributed by atoms with Gasteiger partial charge in [0.25, 0.3) is 0 Å². The van der Waals surface area contributed by atoms with Gasteiger partial charge >= 0.3 is 11.9 Å². The number of benzene rings is 1. The molecule has 2 rings (SSSR count). The molecule has 0 bridgehead atoms. The molecule has 1 aliphatic rings. The standard InChI is InChI=1S/C16H21NO6/c18-14(19)11-16(22,15(20)21)6-5-12-1-3-13(4-2-12)17-7-9-23-10-8-17/h1-4,22H,5-11H2,(H,18,19)(H,20,21). The molecule has 7 heteroatoms. The first-order valence-corrected chi connectivity index (χ1v) is 7.50. The molecule has 0 radical (unpaired) electrons. The first kappa shape index (κ1) is 17.2. The lowest BCUT2D eigenvalue weighted by molar-refractivity contribution is -0.166. The van der Waals surface area contributed by atoms with E-state index >= 15 is 0 Å². The SMILES string of the molecule is O=C(O)CC(O)(CCc1ccc(N2CCOCC2)cc1)C(=O)O. The number of anilines is 1. The Hall–Kier alpha value is -2.12. The van der Waals surface area contributed by atoms with Gasteiger partial charge in [-0.05, 0) is 30.5 Å². The summed E-state index contributed by atoms with van der Waals surface area (Å²) in [5, 5.41) is 27.8. The van der Waals surface area contributed by atoms with E-state index < -0.39 is 24.0 Å². The molecule has 0 aromatic heterocycles. The quantitative estimate of drug-likeness (QED) is 0.679. The fraction of sp³-hybridized carbons (Fsp3) is 0.500. The molecule has 3 N–H and O–H groups in total. The van der Waals surface area contributed by atoms with E-state index in [1.54, 1.807) is 0 Å². The van der Waals surface area contributed by atoms with E-state index in [0.717, 1.165) is 24.3 Å². The topological polar surface area (TPSA) is 107 Å². The largest absolute Gasteiger partial charge is 0.481 e. The molecule has 1 atom stereocenters. The number of aliphatic hydroxyl groups is 1. The summed E-state index contributed by atoms with van der Waals surface area (Å²) < 4.78 is 5.30. The number of hydrogen-bond donors (Lipinski definition) is 3. The number of hydrogen-bond acceptors (Lipinski definition) is 5. The molecule has 1 saturated heterocycles. The second-order valence-electron chi connectivity index (χ2n) is 5.67. The third kappa shape index (κ3) is 4.67. The molecule has 126 valence electrons. The van der Waals surface area contributed by atoms with Crippen LogP contribution < -0.4 is 4.90 Å². The predicted molar refractivity (Wildman–Crippen MR) is 82.6 cm³/mol. The summed E-state index contributed by atoms with van der Waals surface area (Å²) >= 11 is 0.